The number of nitrogens with zero attached hydrogens (tertiary/aromatic N) is 2. The Bertz CT molecular complexity index is 944. The number of rotatable bonds is 3. The molecule has 2 aromatic carbocycles. The SMILES string of the molecule is O=C(NN1C(=O)c2ccccc2N[C@@H]1c1ccccn1)c1ccccc1. The minimum atomic E-state index is -0.605. The van der Waals surface area contributed by atoms with Crippen LogP contribution in [0.1, 0.15) is 32.6 Å². The normalized spacial score (nSPS) is 15.8. The Labute approximate surface area is 150 Å². The molecule has 0 saturated carbocycles. The summed E-state index contributed by atoms with van der Waals surface area (Å²) in [6.45, 7) is 0. The van der Waals surface area contributed by atoms with Crippen molar-refractivity contribution in [2.24, 2.45) is 0 Å². The summed E-state index contributed by atoms with van der Waals surface area (Å²) in [6.07, 6.45) is 1.05. The molecule has 0 spiro atoms. The Hall–Kier alpha value is -3.67. The van der Waals surface area contributed by atoms with Crippen LogP contribution in [-0.4, -0.2) is 21.8 Å². The monoisotopic (exact) mass is 344 g/mol. The molecule has 1 atom stereocenters. The summed E-state index contributed by atoms with van der Waals surface area (Å²) in [4.78, 5) is 29.9. The van der Waals surface area contributed by atoms with Crippen molar-refractivity contribution in [1.82, 2.24) is 15.4 Å². The molecule has 0 bridgehead atoms. The van der Waals surface area contributed by atoms with Crippen LogP contribution < -0.4 is 10.7 Å². The van der Waals surface area contributed by atoms with Crippen molar-refractivity contribution in [2.45, 2.75) is 6.17 Å². The third kappa shape index (κ3) is 2.88. The van der Waals surface area contributed by atoms with E-state index in [0.717, 1.165) is 0 Å². The first-order chi connectivity index (χ1) is 12.7. The first-order valence-corrected chi connectivity index (χ1v) is 8.20. The van der Waals surface area contributed by atoms with Crippen LogP contribution in [0.15, 0.2) is 79.0 Å². The molecule has 0 aliphatic carbocycles. The maximum Gasteiger partial charge on any atom is 0.276 e. The van der Waals surface area contributed by atoms with Gasteiger partial charge in [-0.25, -0.2) is 5.01 Å². The lowest BCUT2D eigenvalue weighted by atomic mass is 10.1. The van der Waals surface area contributed by atoms with Gasteiger partial charge >= 0.3 is 0 Å². The zero-order valence-corrected chi connectivity index (χ0v) is 13.8. The van der Waals surface area contributed by atoms with Gasteiger partial charge in [0.05, 0.1) is 11.3 Å². The molecule has 2 amide bonds. The zero-order valence-electron chi connectivity index (χ0n) is 13.8. The lowest BCUT2D eigenvalue weighted by Crippen LogP contribution is -2.53. The maximum absolute atomic E-state index is 13.0. The zero-order chi connectivity index (χ0) is 17.9. The number of amides is 2. The Balaban J connectivity index is 1.71. The minimum absolute atomic E-state index is 0.292. The fourth-order valence-electron chi connectivity index (χ4n) is 2.88. The Morgan fingerprint density at radius 3 is 2.46 bits per heavy atom. The third-order valence-corrected chi connectivity index (χ3v) is 4.15. The summed E-state index contributed by atoms with van der Waals surface area (Å²) < 4.78 is 0. The predicted octanol–water partition coefficient (Wildman–Crippen LogP) is 2.99. The average molecular weight is 344 g/mol. The fraction of sp³-hybridized carbons (Fsp3) is 0.0500. The van der Waals surface area contributed by atoms with Gasteiger partial charge in [-0.15, -0.1) is 0 Å². The van der Waals surface area contributed by atoms with Crippen molar-refractivity contribution in [1.29, 1.82) is 0 Å². The number of carbonyl (C=O) groups is 2. The number of pyridine rings is 1. The van der Waals surface area contributed by atoms with Gasteiger partial charge in [-0.3, -0.25) is 20.0 Å². The third-order valence-electron chi connectivity index (χ3n) is 4.15. The summed E-state index contributed by atoms with van der Waals surface area (Å²) in [5.74, 6) is -0.652. The Morgan fingerprint density at radius 1 is 0.962 bits per heavy atom. The van der Waals surface area contributed by atoms with E-state index in [1.165, 1.54) is 5.01 Å². The van der Waals surface area contributed by atoms with Crippen LogP contribution in [0.2, 0.25) is 0 Å². The molecule has 0 saturated heterocycles. The van der Waals surface area contributed by atoms with E-state index < -0.39 is 6.17 Å². The summed E-state index contributed by atoms with van der Waals surface area (Å²) in [7, 11) is 0. The second-order valence-electron chi connectivity index (χ2n) is 5.83. The van der Waals surface area contributed by atoms with Gasteiger partial charge in [0.1, 0.15) is 0 Å². The molecule has 1 aliphatic rings. The lowest BCUT2D eigenvalue weighted by Gasteiger charge is -2.37. The van der Waals surface area contributed by atoms with Gasteiger partial charge < -0.3 is 5.32 Å². The number of para-hydroxylation sites is 1. The smallest absolute Gasteiger partial charge is 0.276 e. The predicted molar refractivity (Wildman–Crippen MR) is 97.1 cm³/mol. The van der Waals surface area contributed by atoms with Gasteiger partial charge in [-0.1, -0.05) is 36.4 Å². The first kappa shape index (κ1) is 15.8. The van der Waals surface area contributed by atoms with Crippen molar-refractivity contribution in [3.05, 3.63) is 95.8 Å². The number of hydrazine groups is 1. The van der Waals surface area contributed by atoms with Crippen LogP contribution in [0.4, 0.5) is 5.69 Å². The van der Waals surface area contributed by atoms with Gasteiger partial charge in [-0.2, -0.15) is 0 Å². The van der Waals surface area contributed by atoms with Crippen LogP contribution >= 0.6 is 0 Å². The van der Waals surface area contributed by atoms with Crippen molar-refractivity contribution >= 4 is 17.5 Å². The van der Waals surface area contributed by atoms with Crippen molar-refractivity contribution in [2.75, 3.05) is 5.32 Å². The van der Waals surface area contributed by atoms with E-state index in [1.807, 2.05) is 24.3 Å². The standard InChI is InChI=1S/C20H16N4O2/c25-19(14-8-2-1-3-9-14)23-24-18(17-12-6-7-13-21-17)22-16-11-5-4-10-15(16)20(24)26/h1-13,18,22H,(H,23,25)/t18-/m0/s1. The number of benzene rings is 2. The summed E-state index contributed by atoms with van der Waals surface area (Å²) in [5.41, 5.74) is 5.02. The molecule has 2 N–H and O–H groups in total. The molecule has 0 unspecified atom stereocenters. The lowest BCUT2D eigenvalue weighted by molar-refractivity contribution is 0.0486. The topological polar surface area (TPSA) is 74.3 Å². The summed E-state index contributed by atoms with van der Waals surface area (Å²) in [6, 6.07) is 21.4. The highest BCUT2D eigenvalue weighted by atomic mass is 16.2. The number of nitrogens with one attached hydrogen (secondary N) is 2. The van der Waals surface area contributed by atoms with Crippen molar-refractivity contribution in [3.8, 4) is 0 Å². The van der Waals surface area contributed by atoms with Crippen LogP contribution in [0.25, 0.3) is 0 Å². The van der Waals surface area contributed by atoms with Gasteiger partial charge in [0.15, 0.2) is 6.17 Å². The number of anilines is 1. The van der Waals surface area contributed by atoms with Crippen LogP contribution in [0.3, 0.4) is 0 Å². The van der Waals surface area contributed by atoms with E-state index >= 15 is 0 Å². The Kier molecular flexibility index (Phi) is 4.07. The molecule has 2 heterocycles. The molecule has 6 nitrogen and oxygen atoms in total. The van der Waals surface area contributed by atoms with E-state index in [-0.39, 0.29) is 11.8 Å². The number of aromatic nitrogens is 1. The first-order valence-electron chi connectivity index (χ1n) is 8.20. The highest BCUT2D eigenvalue weighted by Gasteiger charge is 2.35. The number of fused-ring (bicyclic) bond motifs is 1. The van der Waals surface area contributed by atoms with Gasteiger partial charge in [-0.05, 0) is 36.4 Å². The molecule has 1 aliphatic heterocycles. The molecule has 6 heteroatoms. The van der Waals surface area contributed by atoms with Crippen LogP contribution in [0, 0.1) is 0 Å². The van der Waals surface area contributed by atoms with Gasteiger partial charge in [0.25, 0.3) is 11.8 Å². The second kappa shape index (κ2) is 6.68. The average Bonchev–Trinajstić information content (AvgIpc) is 2.71. The quantitative estimate of drug-likeness (QED) is 0.766. The van der Waals surface area contributed by atoms with Crippen LogP contribution in [-0.2, 0) is 0 Å². The van der Waals surface area contributed by atoms with Gasteiger partial charge in [0.2, 0.25) is 0 Å². The summed E-state index contributed by atoms with van der Waals surface area (Å²) >= 11 is 0. The highest BCUT2D eigenvalue weighted by Crippen LogP contribution is 2.31. The highest BCUT2D eigenvalue weighted by molar-refractivity contribution is 6.03. The van der Waals surface area contributed by atoms with Gasteiger partial charge in [0, 0.05) is 17.4 Å². The van der Waals surface area contributed by atoms with Crippen LogP contribution in [0.5, 0.6) is 0 Å². The molecular weight excluding hydrogens is 328 g/mol. The number of hydrogen-bond acceptors (Lipinski definition) is 4. The summed E-state index contributed by atoms with van der Waals surface area (Å²) in [5, 5.41) is 4.57. The minimum Gasteiger partial charge on any atom is -0.358 e. The Morgan fingerprint density at radius 2 is 1.69 bits per heavy atom. The van der Waals surface area contributed by atoms with E-state index in [9.17, 15) is 9.59 Å². The van der Waals surface area contributed by atoms with Crippen molar-refractivity contribution < 1.29 is 9.59 Å². The molecule has 1 aromatic heterocycles. The second-order valence-corrected chi connectivity index (χ2v) is 5.83. The van der Waals surface area contributed by atoms with E-state index in [2.05, 4.69) is 15.7 Å². The molecular formula is C20H16N4O2. The molecule has 0 fully saturated rings. The number of hydrogen-bond donors (Lipinski definition) is 2. The molecule has 3 aromatic rings. The molecule has 26 heavy (non-hydrogen) atoms. The number of carbonyl (C=O) groups excluding carboxylic acids is 2. The fourth-order valence-corrected chi connectivity index (χ4v) is 2.88. The molecule has 0 radical (unpaired) electrons. The largest absolute Gasteiger partial charge is 0.358 e. The maximum atomic E-state index is 13.0. The molecule has 4 rings (SSSR count). The van der Waals surface area contributed by atoms with E-state index in [0.29, 0.717) is 22.5 Å². The van der Waals surface area contributed by atoms with E-state index in [1.54, 1.807) is 54.7 Å². The van der Waals surface area contributed by atoms with E-state index in [4.69, 9.17) is 0 Å². The molecule has 128 valence electrons. The van der Waals surface area contributed by atoms with Crippen molar-refractivity contribution in [3.63, 3.8) is 0 Å².